The summed E-state index contributed by atoms with van der Waals surface area (Å²) >= 11 is 5.96. The van der Waals surface area contributed by atoms with Crippen LogP contribution < -0.4 is 26.6 Å². The van der Waals surface area contributed by atoms with Gasteiger partial charge in [-0.15, -0.1) is 0 Å². The number of ether oxygens (including phenoxy) is 2. The van der Waals surface area contributed by atoms with Crippen molar-refractivity contribution in [1.82, 2.24) is 9.55 Å². The maximum absolute atomic E-state index is 13.2. The van der Waals surface area contributed by atoms with Gasteiger partial charge >= 0.3 is 5.69 Å². The number of halogens is 1. The molecule has 0 aliphatic heterocycles. The Morgan fingerprint density at radius 3 is 2.73 bits per heavy atom. The highest BCUT2D eigenvalue weighted by molar-refractivity contribution is 6.30. The number of anilines is 2. The van der Waals surface area contributed by atoms with E-state index in [4.69, 9.17) is 26.8 Å². The quantitative estimate of drug-likeness (QED) is 0.585. The van der Waals surface area contributed by atoms with Crippen molar-refractivity contribution < 1.29 is 14.3 Å². The Labute approximate surface area is 179 Å². The second-order valence-electron chi connectivity index (χ2n) is 6.70. The van der Waals surface area contributed by atoms with E-state index < -0.39 is 23.3 Å². The zero-order valence-corrected chi connectivity index (χ0v) is 18.1. The second kappa shape index (κ2) is 10.8. The number of rotatable bonds is 10. The molecule has 0 radical (unpaired) electrons. The summed E-state index contributed by atoms with van der Waals surface area (Å²) in [6.07, 6.45) is 0.572. The third-order valence-electron chi connectivity index (χ3n) is 4.46. The molecule has 1 amide bonds. The van der Waals surface area contributed by atoms with E-state index in [0.29, 0.717) is 23.7 Å². The number of nitrogens with two attached hydrogens (primary N) is 1. The summed E-state index contributed by atoms with van der Waals surface area (Å²) in [6, 6.07) is 6.63. The Morgan fingerprint density at radius 1 is 1.37 bits per heavy atom. The van der Waals surface area contributed by atoms with Crippen LogP contribution in [0.15, 0.2) is 33.9 Å². The fourth-order valence-electron chi connectivity index (χ4n) is 2.91. The standard InChI is InChI=1S/C20H27ClN4O5/c1-4-5-9-25-17(22)16(18(26)23-20(25)28)24(10-11-29-3)19(27)13(2)30-15-8-6-7-14(21)12-15/h6-8,12-13H,4-5,9-11,22H2,1-3H3,(H,23,26,28). The monoisotopic (exact) mass is 438 g/mol. The van der Waals surface area contributed by atoms with E-state index in [1.807, 2.05) is 6.92 Å². The third-order valence-corrected chi connectivity index (χ3v) is 4.70. The van der Waals surface area contributed by atoms with Crippen LogP contribution in [0.25, 0.3) is 0 Å². The van der Waals surface area contributed by atoms with Gasteiger partial charge in [-0.2, -0.15) is 0 Å². The number of methoxy groups -OCH3 is 1. The van der Waals surface area contributed by atoms with Gasteiger partial charge in [0, 0.05) is 25.2 Å². The fourth-order valence-corrected chi connectivity index (χ4v) is 3.09. The van der Waals surface area contributed by atoms with Crippen LogP contribution >= 0.6 is 11.6 Å². The number of nitrogen functional groups attached to an aromatic ring is 1. The molecule has 1 aromatic carbocycles. The molecule has 30 heavy (non-hydrogen) atoms. The summed E-state index contributed by atoms with van der Waals surface area (Å²) in [5.41, 5.74) is 4.70. The molecule has 1 unspecified atom stereocenters. The largest absolute Gasteiger partial charge is 0.481 e. The van der Waals surface area contributed by atoms with Crippen molar-refractivity contribution in [2.75, 3.05) is 30.9 Å². The van der Waals surface area contributed by atoms with Crippen LogP contribution in [0.2, 0.25) is 5.02 Å². The lowest BCUT2D eigenvalue weighted by atomic mass is 10.2. The topological polar surface area (TPSA) is 120 Å². The summed E-state index contributed by atoms with van der Waals surface area (Å²) in [6.45, 7) is 4.06. The number of unbranched alkanes of at least 4 members (excludes halogenated alkanes) is 1. The third kappa shape index (κ3) is 5.64. The molecule has 2 aromatic rings. The van der Waals surface area contributed by atoms with Gasteiger partial charge in [0.1, 0.15) is 11.6 Å². The minimum absolute atomic E-state index is 0.0534. The molecule has 0 saturated carbocycles. The molecular weight excluding hydrogens is 412 g/mol. The van der Waals surface area contributed by atoms with Crippen LogP contribution in [0.5, 0.6) is 5.75 Å². The predicted octanol–water partition coefficient (Wildman–Crippen LogP) is 2.02. The number of hydrogen-bond acceptors (Lipinski definition) is 6. The molecule has 1 heterocycles. The van der Waals surface area contributed by atoms with Gasteiger partial charge in [-0.3, -0.25) is 24.0 Å². The van der Waals surface area contributed by atoms with Crippen molar-refractivity contribution in [3.63, 3.8) is 0 Å². The Balaban J connectivity index is 2.42. The smallest absolute Gasteiger partial charge is 0.330 e. The van der Waals surface area contributed by atoms with Gasteiger partial charge in [0.2, 0.25) is 0 Å². The van der Waals surface area contributed by atoms with Crippen molar-refractivity contribution in [2.45, 2.75) is 39.3 Å². The van der Waals surface area contributed by atoms with Crippen molar-refractivity contribution >= 4 is 29.0 Å². The summed E-state index contributed by atoms with van der Waals surface area (Å²) < 4.78 is 12.0. The van der Waals surface area contributed by atoms with Crippen molar-refractivity contribution in [1.29, 1.82) is 0 Å². The highest BCUT2D eigenvalue weighted by Gasteiger charge is 2.28. The predicted molar refractivity (Wildman–Crippen MR) is 116 cm³/mol. The molecule has 0 spiro atoms. The highest BCUT2D eigenvalue weighted by Crippen LogP contribution is 2.22. The first-order valence-electron chi connectivity index (χ1n) is 9.65. The first-order valence-corrected chi connectivity index (χ1v) is 10.0. The number of carbonyl (C=O) groups excluding carboxylic acids is 1. The van der Waals surface area contributed by atoms with Gasteiger partial charge in [-0.25, -0.2) is 4.79 Å². The van der Waals surface area contributed by atoms with Crippen LogP contribution in [-0.4, -0.2) is 41.8 Å². The van der Waals surface area contributed by atoms with E-state index in [9.17, 15) is 14.4 Å². The van der Waals surface area contributed by atoms with Gasteiger partial charge in [0.25, 0.3) is 11.5 Å². The number of nitrogens with zero attached hydrogens (tertiary/aromatic N) is 2. The van der Waals surface area contributed by atoms with Crippen LogP contribution in [-0.2, 0) is 16.1 Å². The lowest BCUT2D eigenvalue weighted by molar-refractivity contribution is -0.124. The first kappa shape index (κ1) is 23.5. The maximum Gasteiger partial charge on any atom is 0.330 e. The highest BCUT2D eigenvalue weighted by atomic mass is 35.5. The maximum atomic E-state index is 13.2. The number of aromatic nitrogens is 2. The molecule has 0 fully saturated rings. The molecule has 0 saturated heterocycles. The van der Waals surface area contributed by atoms with Crippen molar-refractivity contribution in [3.05, 3.63) is 50.1 Å². The molecule has 1 atom stereocenters. The summed E-state index contributed by atoms with van der Waals surface area (Å²) in [7, 11) is 1.48. The SMILES string of the molecule is CCCCn1c(N)c(N(CCOC)C(=O)C(C)Oc2cccc(Cl)c2)c(=O)[nH]c1=O. The Bertz CT molecular complexity index is 988. The molecule has 0 bridgehead atoms. The van der Waals surface area contributed by atoms with E-state index in [-0.39, 0.29) is 24.7 Å². The molecule has 164 valence electrons. The molecule has 2 rings (SSSR count). The van der Waals surface area contributed by atoms with Gasteiger partial charge in [-0.05, 0) is 31.5 Å². The van der Waals surface area contributed by atoms with E-state index in [0.717, 1.165) is 6.42 Å². The van der Waals surface area contributed by atoms with E-state index in [2.05, 4.69) is 4.98 Å². The Morgan fingerprint density at radius 2 is 2.10 bits per heavy atom. The van der Waals surface area contributed by atoms with Crippen LogP contribution in [0.1, 0.15) is 26.7 Å². The average molecular weight is 439 g/mol. The lowest BCUT2D eigenvalue weighted by Crippen LogP contribution is -2.47. The lowest BCUT2D eigenvalue weighted by Gasteiger charge is -2.27. The molecular formula is C20H27ClN4O5. The van der Waals surface area contributed by atoms with E-state index in [1.54, 1.807) is 31.2 Å². The molecule has 10 heteroatoms. The number of aromatic amines is 1. The summed E-state index contributed by atoms with van der Waals surface area (Å²) in [4.78, 5) is 41.4. The zero-order valence-electron chi connectivity index (χ0n) is 17.3. The molecule has 1 aromatic heterocycles. The normalized spacial score (nSPS) is 11.9. The van der Waals surface area contributed by atoms with Gasteiger partial charge in [-0.1, -0.05) is 31.0 Å². The van der Waals surface area contributed by atoms with Crippen LogP contribution in [0.4, 0.5) is 11.5 Å². The number of hydrogen-bond donors (Lipinski definition) is 2. The molecule has 9 nitrogen and oxygen atoms in total. The van der Waals surface area contributed by atoms with Crippen LogP contribution in [0, 0.1) is 0 Å². The Hall–Kier alpha value is -2.78. The molecule has 0 aliphatic rings. The second-order valence-corrected chi connectivity index (χ2v) is 7.13. The summed E-state index contributed by atoms with van der Waals surface area (Å²) in [5, 5.41) is 0.465. The molecule has 3 N–H and O–H groups in total. The zero-order chi connectivity index (χ0) is 22.3. The molecule has 0 aliphatic carbocycles. The number of benzene rings is 1. The number of carbonyl (C=O) groups is 1. The average Bonchev–Trinajstić information content (AvgIpc) is 2.69. The first-order chi connectivity index (χ1) is 14.3. The fraction of sp³-hybridized carbons (Fsp3) is 0.450. The van der Waals surface area contributed by atoms with Gasteiger partial charge in [0.05, 0.1) is 6.61 Å². The van der Waals surface area contributed by atoms with Crippen molar-refractivity contribution in [2.24, 2.45) is 0 Å². The van der Waals surface area contributed by atoms with Crippen LogP contribution in [0.3, 0.4) is 0 Å². The van der Waals surface area contributed by atoms with Crippen molar-refractivity contribution in [3.8, 4) is 5.75 Å². The van der Waals surface area contributed by atoms with E-state index in [1.165, 1.54) is 16.6 Å². The number of nitrogens with one attached hydrogen (secondary N) is 1. The van der Waals surface area contributed by atoms with Gasteiger partial charge < -0.3 is 15.2 Å². The van der Waals surface area contributed by atoms with Gasteiger partial charge in [0.15, 0.2) is 11.8 Å². The number of H-pyrrole nitrogens is 1. The van der Waals surface area contributed by atoms with E-state index >= 15 is 0 Å². The Kier molecular flexibility index (Phi) is 8.49. The minimum atomic E-state index is -0.949. The summed E-state index contributed by atoms with van der Waals surface area (Å²) in [5.74, 6) is -0.175. The number of amides is 1. The minimum Gasteiger partial charge on any atom is -0.481 e.